The van der Waals surface area contributed by atoms with Gasteiger partial charge in [-0.2, -0.15) is 0 Å². The van der Waals surface area contributed by atoms with Gasteiger partial charge in [0.15, 0.2) is 8.46 Å². The average molecular weight is 254 g/mol. The highest BCUT2D eigenvalue weighted by Gasteiger charge is 2.54. The molecule has 0 atom stereocenters. The minimum Gasteiger partial charge on any atom is -0.348 e. The predicted octanol–water partition coefficient (Wildman–Crippen LogP) is -0.221. The zero-order chi connectivity index (χ0) is 9.94. The summed E-state index contributed by atoms with van der Waals surface area (Å²) in [4.78, 5) is 51.7. The van der Waals surface area contributed by atoms with Crippen LogP contribution in [0.15, 0.2) is 0 Å². The van der Waals surface area contributed by atoms with Crippen LogP contribution in [0, 0.1) is 0 Å². The Morgan fingerprint density at radius 2 is 1.08 bits per heavy atom. The molecule has 11 heteroatoms. The summed E-state index contributed by atoms with van der Waals surface area (Å²) in [5.41, 5.74) is 0. The van der Waals surface area contributed by atoms with Gasteiger partial charge in [-0.1, -0.05) is 0 Å². The minimum absolute atomic E-state index is 1.11. The Labute approximate surface area is 72.6 Å². The maximum absolute atomic E-state index is 10.3. The van der Waals surface area contributed by atoms with E-state index in [9.17, 15) is 4.57 Å². The SMILES string of the molecule is O=PC(P(O)O)(P(O)O)P(O)O. The lowest BCUT2D eigenvalue weighted by molar-refractivity contribution is 0.432. The summed E-state index contributed by atoms with van der Waals surface area (Å²) >= 11 is 0. The van der Waals surface area contributed by atoms with Gasteiger partial charge in [-0.25, -0.2) is 0 Å². The Balaban J connectivity index is 4.89. The molecule has 0 rings (SSSR count). The number of hydrogen-bond donors (Lipinski definition) is 6. The fraction of sp³-hybridized carbons (Fsp3) is 1.00. The molecule has 0 unspecified atom stereocenters. The van der Waals surface area contributed by atoms with Crippen molar-refractivity contribution in [3.63, 3.8) is 0 Å². The van der Waals surface area contributed by atoms with Gasteiger partial charge in [0, 0.05) is 0 Å². The summed E-state index contributed by atoms with van der Waals surface area (Å²) in [5.74, 6) is 0. The first-order chi connectivity index (χ1) is 5.39. The van der Waals surface area contributed by atoms with E-state index in [0.29, 0.717) is 0 Å². The zero-order valence-corrected chi connectivity index (χ0v) is 8.96. The highest BCUT2D eigenvalue weighted by molar-refractivity contribution is 7.93. The monoisotopic (exact) mass is 254 g/mol. The van der Waals surface area contributed by atoms with Crippen LogP contribution in [0.4, 0.5) is 0 Å². The van der Waals surface area contributed by atoms with Crippen LogP contribution < -0.4 is 0 Å². The molecular weight excluding hydrogens is 248 g/mol. The lowest BCUT2D eigenvalue weighted by atomic mass is 11.8. The third-order valence-corrected chi connectivity index (χ3v) is 8.35. The maximum atomic E-state index is 10.3. The van der Waals surface area contributed by atoms with Gasteiger partial charge in [-0.05, 0) is 0 Å². The molecular formula is CH6O7P4. The zero-order valence-electron chi connectivity index (χ0n) is 5.38. The molecule has 0 fully saturated rings. The molecule has 0 saturated carbocycles. The molecule has 0 radical (unpaired) electrons. The fourth-order valence-electron chi connectivity index (χ4n) is 0.350. The Bertz CT molecular complexity index is 134. The van der Waals surface area contributed by atoms with Crippen LogP contribution in [0.2, 0.25) is 0 Å². The van der Waals surface area contributed by atoms with Crippen molar-refractivity contribution >= 4 is 33.6 Å². The Morgan fingerprint density at radius 1 is 0.833 bits per heavy atom. The average Bonchev–Trinajstić information content (AvgIpc) is 1.86. The van der Waals surface area contributed by atoms with Gasteiger partial charge >= 0.3 is 0 Å². The highest BCUT2D eigenvalue weighted by Crippen LogP contribution is 2.77. The smallest absolute Gasteiger partial charge is 0.255 e. The van der Waals surface area contributed by atoms with Crippen molar-refractivity contribution in [3.05, 3.63) is 0 Å². The third-order valence-electron chi connectivity index (χ3n) is 0.927. The third kappa shape index (κ3) is 2.34. The normalized spacial score (nSPS) is 13.8. The van der Waals surface area contributed by atoms with Crippen LogP contribution >= 0.6 is 33.6 Å². The maximum Gasteiger partial charge on any atom is 0.255 e. The molecule has 0 aromatic carbocycles. The molecule has 0 amide bonds. The van der Waals surface area contributed by atoms with E-state index in [1.807, 2.05) is 0 Å². The second kappa shape index (κ2) is 5.14. The van der Waals surface area contributed by atoms with E-state index in [2.05, 4.69) is 0 Å². The first kappa shape index (κ1) is 13.2. The van der Waals surface area contributed by atoms with Crippen molar-refractivity contribution < 1.29 is 33.9 Å². The van der Waals surface area contributed by atoms with Crippen LogP contribution in [0.1, 0.15) is 0 Å². The van der Waals surface area contributed by atoms with Gasteiger partial charge in [-0.15, -0.1) is 0 Å². The van der Waals surface area contributed by atoms with E-state index in [4.69, 9.17) is 29.4 Å². The summed E-state index contributed by atoms with van der Waals surface area (Å²) < 4.78 is 7.82. The molecule has 0 aromatic rings. The topological polar surface area (TPSA) is 138 Å². The molecule has 0 bridgehead atoms. The molecule has 0 aromatic heterocycles. The van der Waals surface area contributed by atoms with Crippen LogP contribution in [-0.4, -0.2) is 33.7 Å². The second-order valence-corrected chi connectivity index (χ2v) is 8.28. The lowest BCUT2D eigenvalue weighted by Crippen LogP contribution is -2.13. The fourth-order valence-corrected chi connectivity index (χ4v) is 3.15. The standard InChI is InChI=1S/CH6O7P4/c2-9-1(10(3)4,11(5)6)12(7)8/h3-8H. The number of hydrogen-bond acceptors (Lipinski definition) is 7. The molecule has 0 aliphatic rings. The summed E-state index contributed by atoms with van der Waals surface area (Å²) in [7, 11) is -10.4. The highest BCUT2D eigenvalue weighted by atomic mass is 31.3. The summed E-state index contributed by atoms with van der Waals surface area (Å²) in [6.45, 7) is 0. The first-order valence-corrected chi connectivity index (χ1v) is 6.83. The van der Waals surface area contributed by atoms with Gasteiger partial charge in [0.25, 0.3) is 4.38 Å². The Hall–Kier alpha value is 1.15. The molecule has 0 heterocycles. The van der Waals surface area contributed by atoms with E-state index >= 15 is 0 Å². The van der Waals surface area contributed by atoms with E-state index in [1.54, 1.807) is 0 Å². The van der Waals surface area contributed by atoms with Crippen molar-refractivity contribution in [2.45, 2.75) is 4.38 Å². The predicted molar refractivity (Wildman–Crippen MR) is 44.4 cm³/mol. The largest absolute Gasteiger partial charge is 0.348 e. The second-order valence-electron chi connectivity index (χ2n) is 1.56. The molecule has 0 aliphatic carbocycles. The van der Waals surface area contributed by atoms with E-state index in [-0.39, 0.29) is 0 Å². The molecule has 7 nitrogen and oxygen atoms in total. The molecule has 0 saturated heterocycles. The summed E-state index contributed by atoms with van der Waals surface area (Å²) in [6.07, 6.45) is 0. The van der Waals surface area contributed by atoms with Crippen molar-refractivity contribution in [2.75, 3.05) is 0 Å². The van der Waals surface area contributed by atoms with Crippen molar-refractivity contribution in [1.82, 2.24) is 0 Å². The molecule has 6 N–H and O–H groups in total. The van der Waals surface area contributed by atoms with Crippen LogP contribution in [0.25, 0.3) is 0 Å². The summed E-state index contributed by atoms with van der Waals surface area (Å²) in [5, 5.41) is 0. The molecule has 0 aliphatic heterocycles. The van der Waals surface area contributed by atoms with Crippen molar-refractivity contribution in [3.8, 4) is 0 Å². The van der Waals surface area contributed by atoms with Crippen LogP contribution in [-0.2, 0) is 4.57 Å². The van der Waals surface area contributed by atoms with Crippen LogP contribution in [0.5, 0.6) is 0 Å². The minimum atomic E-state index is -3.09. The Morgan fingerprint density at radius 3 is 1.08 bits per heavy atom. The number of rotatable bonds is 4. The Kier molecular flexibility index (Phi) is 5.63. The lowest BCUT2D eigenvalue weighted by Gasteiger charge is -2.27. The van der Waals surface area contributed by atoms with Gasteiger partial charge < -0.3 is 29.4 Å². The van der Waals surface area contributed by atoms with Crippen LogP contribution in [0.3, 0.4) is 0 Å². The molecule has 0 spiro atoms. The quantitative estimate of drug-likeness (QED) is 0.381. The van der Waals surface area contributed by atoms with E-state index in [0.717, 1.165) is 0 Å². The van der Waals surface area contributed by atoms with Gasteiger partial charge in [-0.3, -0.25) is 4.57 Å². The van der Waals surface area contributed by atoms with E-state index in [1.165, 1.54) is 0 Å². The van der Waals surface area contributed by atoms with Gasteiger partial charge in [0.1, 0.15) is 0 Å². The molecule has 12 heavy (non-hydrogen) atoms. The van der Waals surface area contributed by atoms with Crippen molar-refractivity contribution in [2.24, 2.45) is 0 Å². The summed E-state index contributed by atoms with van der Waals surface area (Å²) in [6, 6.07) is 0. The first-order valence-electron chi connectivity index (χ1n) is 2.28. The van der Waals surface area contributed by atoms with Crippen molar-refractivity contribution in [1.29, 1.82) is 0 Å². The van der Waals surface area contributed by atoms with Gasteiger partial charge in [0.2, 0.25) is 25.1 Å². The molecule has 72 valence electrons. The van der Waals surface area contributed by atoms with Gasteiger partial charge in [0.05, 0.1) is 0 Å². The van der Waals surface area contributed by atoms with E-state index < -0.39 is 38.0 Å².